The third kappa shape index (κ3) is 2.12. The Morgan fingerprint density at radius 3 is 2.89 bits per heavy atom. The van der Waals surface area contributed by atoms with E-state index in [0.717, 1.165) is 5.82 Å². The van der Waals surface area contributed by atoms with E-state index < -0.39 is 0 Å². The van der Waals surface area contributed by atoms with Gasteiger partial charge < -0.3 is 5.32 Å². The minimum atomic E-state index is 0.395. The van der Waals surface area contributed by atoms with E-state index in [-0.39, 0.29) is 0 Å². The molecule has 3 rings (SSSR count). The van der Waals surface area contributed by atoms with Gasteiger partial charge in [-0.1, -0.05) is 41.9 Å². The van der Waals surface area contributed by atoms with Crippen LogP contribution in [0.4, 0.5) is 5.82 Å². The Morgan fingerprint density at radius 1 is 1.22 bits per heavy atom. The molecule has 0 bridgehead atoms. The van der Waals surface area contributed by atoms with E-state index >= 15 is 0 Å². The lowest BCUT2D eigenvalue weighted by Gasteiger charge is -2.07. The van der Waals surface area contributed by atoms with Crippen LogP contribution in [-0.4, -0.2) is 19.6 Å². The van der Waals surface area contributed by atoms with Gasteiger partial charge in [0.05, 0.1) is 0 Å². The third-order valence-corrected chi connectivity index (χ3v) is 2.73. The van der Waals surface area contributed by atoms with Crippen LogP contribution in [-0.2, 0) is 6.54 Å². The molecule has 0 aliphatic rings. The summed E-state index contributed by atoms with van der Waals surface area (Å²) in [5, 5.41) is 7.76. The van der Waals surface area contributed by atoms with Gasteiger partial charge >= 0.3 is 0 Å². The highest BCUT2D eigenvalue weighted by Crippen LogP contribution is 2.15. The highest BCUT2D eigenvalue weighted by molar-refractivity contribution is 6.29. The lowest BCUT2D eigenvalue weighted by atomic mass is 10.2. The maximum Gasteiger partial charge on any atom is 0.255 e. The average Bonchev–Trinajstić information content (AvgIpc) is 2.85. The van der Waals surface area contributed by atoms with E-state index in [4.69, 9.17) is 11.6 Å². The molecule has 0 amide bonds. The largest absolute Gasteiger partial charge is 0.366 e. The Morgan fingerprint density at radius 2 is 2.06 bits per heavy atom. The predicted octanol–water partition coefficient (Wildman–Crippen LogP) is 2.39. The maximum atomic E-state index is 5.93. The summed E-state index contributed by atoms with van der Waals surface area (Å²) < 4.78 is 1.62. The monoisotopic (exact) mass is 259 g/mol. The molecular formula is C12H10ClN5. The number of rotatable bonds is 3. The second-order valence-electron chi connectivity index (χ2n) is 3.78. The Hall–Kier alpha value is -2.14. The Labute approximate surface area is 108 Å². The van der Waals surface area contributed by atoms with Crippen LogP contribution in [0.1, 0.15) is 5.56 Å². The van der Waals surface area contributed by atoms with Crippen molar-refractivity contribution in [3.8, 4) is 0 Å². The standard InChI is InChI=1S/C12H10ClN5/c13-10-6-11(18-12(17-10)15-8-16-18)14-7-9-4-2-1-3-5-9/h1-6,8,14H,7H2. The van der Waals surface area contributed by atoms with Crippen molar-refractivity contribution < 1.29 is 0 Å². The number of hydrogen-bond donors (Lipinski definition) is 1. The summed E-state index contributed by atoms with van der Waals surface area (Å²) in [6.07, 6.45) is 1.45. The summed E-state index contributed by atoms with van der Waals surface area (Å²) in [5.41, 5.74) is 1.18. The quantitative estimate of drug-likeness (QED) is 0.734. The lowest BCUT2D eigenvalue weighted by Crippen LogP contribution is -2.06. The number of halogens is 1. The van der Waals surface area contributed by atoms with Crippen LogP contribution in [0.25, 0.3) is 5.78 Å². The molecule has 6 heteroatoms. The van der Waals surface area contributed by atoms with E-state index in [1.54, 1.807) is 10.6 Å². The maximum absolute atomic E-state index is 5.93. The molecule has 0 unspecified atom stereocenters. The topological polar surface area (TPSA) is 55.1 Å². The van der Waals surface area contributed by atoms with Crippen LogP contribution in [0.5, 0.6) is 0 Å². The first kappa shape index (κ1) is 11.0. The van der Waals surface area contributed by atoms with Gasteiger partial charge in [-0.2, -0.15) is 19.6 Å². The van der Waals surface area contributed by atoms with E-state index in [1.807, 2.05) is 30.3 Å². The van der Waals surface area contributed by atoms with Gasteiger partial charge in [0.15, 0.2) is 0 Å². The molecule has 0 aliphatic heterocycles. The van der Waals surface area contributed by atoms with E-state index in [2.05, 4.69) is 20.4 Å². The number of aromatic nitrogens is 4. The molecule has 3 aromatic rings. The molecule has 0 saturated heterocycles. The summed E-state index contributed by atoms with van der Waals surface area (Å²) in [4.78, 5) is 8.08. The van der Waals surface area contributed by atoms with Crippen molar-refractivity contribution in [2.75, 3.05) is 5.32 Å². The molecule has 0 saturated carbocycles. The zero-order valence-corrected chi connectivity index (χ0v) is 10.2. The van der Waals surface area contributed by atoms with Crippen molar-refractivity contribution in [3.63, 3.8) is 0 Å². The van der Waals surface area contributed by atoms with Crippen molar-refractivity contribution in [1.82, 2.24) is 19.6 Å². The SMILES string of the molecule is Clc1cc(NCc2ccccc2)n2ncnc2n1. The number of fused-ring (bicyclic) bond motifs is 1. The van der Waals surface area contributed by atoms with Crippen molar-refractivity contribution >= 4 is 23.2 Å². The molecule has 5 nitrogen and oxygen atoms in total. The minimum Gasteiger partial charge on any atom is -0.366 e. The van der Waals surface area contributed by atoms with Crippen molar-refractivity contribution in [2.24, 2.45) is 0 Å². The molecule has 0 fully saturated rings. The van der Waals surface area contributed by atoms with Crippen LogP contribution in [0, 0.1) is 0 Å². The van der Waals surface area contributed by atoms with Gasteiger partial charge in [-0.05, 0) is 5.56 Å². The Bertz CT molecular complexity index is 665. The fourth-order valence-electron chi connectivity index (χ4n) is 1.70. The van der Waals surface area contributed by atoms with Crippen molar-refractivity contribution in [1.29, 1.82) is 0 Å². The Balaban J connectivity index is 1.88. The van der Waals surface area contributed by atoms with Crippen molar-refractivity contribution in [2.45, 2.75) is 6.54 Å². The van der Waals surface area contributed by atoms with Crippen LogP contribution in [0.3, 0.4) is 0 Å². The van der Waals surface area contributed by atoms with E-state index in [1.165, 1.54) is 11.9 Å². The smallest absolute Gasteiger partial charge is 0.255 e. The second kappa shape index (κ2) is 4.62. The van der Waals surface area contributed by atoms with Gasteiger partial charge in [0, 0.05) is 12.6 Å². The number of anilines is 1. The molecule has 0 spiro atoms. The fourth-order valence-corrected chi connectivity index (χ4v) is 1.88. The van der Waals surface area contributed by atoms with Gasteiger partial charge in [-0.25, -0.2) is 0 Å². The first-order valence-corrected chi connectivity index (χ1v) is 5.85. The van der Waals surface area contributed by atoms with E-state index in [0.29, 0.717) is 17.5 Å². The molecule has 1 N–H and O–H groups in total. The fraction of sp³-hybridized carbons (Fsp3) is 0.0833. The summed E-state index contributed by atoms with van der Waals surface area (Å²) in [7, 11) is 0. The van der Waals surface area contributed by atoms with Gasteiger partial charge in [0.2, 0.25) is 0 Å². The third-order valence-electron chi connectivity index (χ3n) is 2.54. The molecule has 18 heavy (non-hydrogen) atoms. The van der Waals surface area contributed by atoms with E-state index in [9.17, 15) is 0 Å². The molecule has 0 atom stereocenters. The zero-order valence-electron chi connectivity index (χ0n) is 9.42. The van der Waals surface area contributed by atoms with Gasteiger partial charge in [-0.3, -0.25) is 0 Å². The molecule has 0 aliphatic carbocycles. The highest BCUT2D eigenvalue weighted by atomic mass is 35.5. The molecule has 0 radical (unpaired) electrons. The number of nitrogens with one attached hydrogen (secondary N) is 1. The van der Waals surface area contributed by atoms with Crippen molar-refractivity contribution in [3.05, 3.63) is 53.4 Å². The molecule has 2 aromatic heterocycles. The average molecular weight is 260 g/mol. The number of nitrogens with zero attached hydrogens (tertiary/aromatic N) is 4. The molecular weight excluding hydrogens is 250 g/mol. The predicted molar refractivity (Wildman–Crippen MR) is 69.6 cm³/mol. The first-order chi connectivity index (χ1) is 8.83. The minimum absolute atomic E-state index is 0.395. The van der Waals surface area contributed by atoms with Crippen LogP contribution in [0.2, 0.25) is 5.15 Å². The highest BCUT2D eigenvalue weighted by Gasteiger charge is 2.05. The van der Waals surface area contributed by atoms with Gasteiger partial charge in [0.25, 0.3) is 5.78 Å². The van der Waals surface area contributed by atoms with Crippen LogP contribution in [0.15, 0.2) is 42.7 Å². The number of benzene rings is 1. The van der Waals surface area contributed by atoms with Crippen LogP contribution < -0.4 is 5.32 Å². The second-order valence-corrected chi connectivity index (χ2v) is 4.16. The first-order valence-electron chi connectivity index (χ1n) is 5.47. The molecule has 90 valence electrons. The molecule has 1 aromatic carbocycles. The summed E-state index contributed by atoms with van der Waals surface area (Å²) in [6, 6.07) is 11.8. The van der Waals surface area contributed by atoms with Crippen LogP contribution >= 0.6 is 11.6 Å². The lowest BCUT2D eigenvalue weighted by molar-refractivity contribution is 0.925. The zero-order chi connectivity index (χ0) is 12.4. The Kier molecular flexibility index (Phi) is 2.82. The summed E-state index contributed by atoms with van der Waals surface area (Å²) in [6.45, 7) is 0.691. The normalized spacial score (nSPS) is 10.7. The van der Waals surface area contributed by atoms with Gasteiger partial charge in [-0.15, -0.1) is 0 Å². The van der Waals surface area contributed by atoms with Gasteiger partial charge in [0.1, 0.15) is 17.3 Å². The number of hydrogen-bond acceptors (Lipinski definition) is 4. The summed E-state index contributed by atoms with van der Waals surface area (Å²) in [5.74, 6) is 1.25. The summed E-state index contributed by atoms with van der Waals surface area (Å²) >= 11 is 5.93. The molecule has 2 heterocycles.